The molecule has 0 bridgehead atoms. The number of carbonyl (C=O) groups excluding carboxylic acids is 1. The third-order valence-corrected chi connectivity index (χ3v) is 7.17. The van der Waals surface area contributed by atoms with Crippen LogP contribution in [0.1, 0.15) is 29.3 Å². The summed E-state index contributed by atoms with van der Waals surface area (Å²) >= 11 is 2.93. The molecule has 1 atom stereocenters. The van der Waals surface area contributed by atoms with Gasteiger partial charge >= 0.3 is 0 Å². The Morgan fingerprint density at radius 1 is 1.36 bits per heavy atom. The van der Waals surface area contributed by atoms with E-state index in [1.165, 1.54) is 22.2 Å². The minimum atomic E-state index is -0.0790. The molecule has 1 aromatic carbocycles. The second kappa shape index (κ2) is 8.09. The van der Waals surface area contributed by atoms with Crippen LogP contribution in [-0.4, -0.2) is 33.6 Å². The number of fused-ring (bicyclic) bond motifs is 3. The molecular formula is C21H23N3O2S2. The Labute approximate surface area is 172 Å². The van der Waals surface area contributed by atoms with Gasteiger partial charge in [-0.25, -0.2) is 4.98 Å². The van der Waals surface area contributed by atoms with E-state index in [0.29, 0.717) is 17.6 Å². The molecular weight excluding hydrogens is 390 g/mol. The number of aryl methyl sites for hydroxylation is 1. The molecule has 0 unspecified atom stereocenters. The van der Waals surface area contributed by atoms with Crippen molar-refractivity contribution in [1.29, 1.82) is 0 Å². The van der Waals surface area contributed by atoms with Gasteiger partial charge in [0.05, 0.1) is 11.1 Å². The van der Waals surface area contributed by atoms with Crippen molar-refractivity contribution in [2.24, 2.45) is 5.92 Å². The number of hydrogen-bond donors (Lipinski definition) is 1. The summed E-state index contributed by atoms with van der Waals surface area (Å²) in [6.07, 6.45) is 3.11. The van der Waals surface area contributed by atoms with E-state index in [2.05, 4.69) is 16.9 Å². The molecule has 146 valence electrons. The number of nitrogens with zero attached hydrogens (tertiary/aromatic N) is 2. The molecule has 0 fully saturated rings. The van der Waals surface area contributed by atoms with Gasteiger partial charge in [0.2, 0.25) is 5.91 Å². The lowest BCUT2D eigenvalue weighted by atomic mass is 9.89. The molecule has 5 nitrogen and oxygen atoms in total. The molecule has 0 spiro atoms. The first-order chi connectivity index (χ1) is 13.5. The summed E-state index contributed by atoms with van der Waals surface area (Å²) in [5.74, 6) is 0.919. The Bertz CT molecular complexity index is 1060. The van der Waals surface area contributed by atoms with Gasteiger partial charge in [0, 0.05) is 18.5 Å². The average Bonchev–Trinajstić information content (AvgIpc) is 3.04. The minimum Gasteiger partial charge on any atom is -0.341 e. The van der Waals surface area contributed by atoms with Gasteiger partial charge in [-0.05, 0) is 36.3 Å². The lowest BCUT2D eigenvalue weighted by molar-refractivity contribution is -0.127. The molecule has 7 heteroatoms. The highest BCUT2D eigenvalue weighted by Gasteiger charge is 2.23. The first-order valence-corrected chi connectivity index (χ1v) is 11.3. The predicted molar refractivity (Wildman–Crippen MR) is 115 cm³/mol. The van der Waals surface area contributed by atoms with E-state index in [-0.39, 0.29) is 17.2 Å². The van der Waals surface area contributed by atoms with Crippen LogP contribution in [0.4, 0.5) is 0 Å². The molecule has 0 saturated heterocycles. The van der Waals surface area contributed by atoms with Crippen molar-refractivity contribution in [3.05, 3.63) is 56.7 Å². The van der Waals surface area contributed by atoms with E-state index in [4.69, 9.17) is 0 Å². The highest BCUT2D eigenvalue weighted by atomic mass is 32.2. The lowest BCUT2D eigenvalue weighted by Gasteiger charge is -2.17. The van der Waals surface area contributed by atoms with Gasteiger partial charge in [0.1, 0.15) is 4.83 Å². The van der Waals surface area contributed by atoms with Gasteiger partial charge in [0.15, 0.2) is 5.16 Å². The van der Waals surface area contributed by atoms with E-state index in [9.17, 15) is 9.59 Å². The van der Waals surface area contributed by atoms with Crippen LogP contribution >= 0.6 is 23.1 Å². The number of H-pyrrole nitrogens is 1. The van der Waals surface area contributed by atoms with E-state index < -0.39 is 0 Å². The first kappa shape index (κ1) is 19.2. The summed E-state index contributed by atoms with van der Waals surface area (Å²) in [6, 6.07) is 9.90. The van der Waals surface area contributed by atoms with Crippen LogP contribution in [0.5, 0.6) is 0 Å². The number of benzene rings is 1. The van der Waals surface area contributed by atoms with E-state index in [0.717, 1.165) is 35.0 Å². The van der Waals surface area contributed by atoms with Crippen LogP contribution in [-0.2, 0) is 24.2 Å². The average molecular weight is 414 g/mol. The fourth-order valence-corrected chi connectivity index (χ4v) is 5.83. The third-order valence-electron chi connectivity index (χ3n) is 5.16. The van der Waals surface area contributed by atoms with Gasteiger partial charge in [-0.15, -0.1) is 11.3 Å². The molecule has 3 aromatic rings. The van der Waals surface area contributed by atoms with Gasteiger partial charge in [-0.3, -0.25) is 9.59 Å². The summed E-state index contributed by atoms with van der Waals surface area (Å²) in [5, 5.41) is 1.27. The zero-order valence-electron chi connectivity index (χ0n) is 16.0. The Hall–Kier alpha value is -2.12. The summed E-state index contributed by atoms with van der Waals surface area (Å²) < 4.78 is 0. The Morgan fingerprint density at radius 2 is 2.14 bits per heavy atom. The zero-order chi connectivity index (χ0) is 19.7. The number of rotatable bonds is 5. The molecule has 28 heavy (non-hydrogen) atoms. The first-order valence-electron chi connectivity index (χ1n) is 9.46. The number of carbonyl (C=O) groups is 1. The monoisotopic (exact) mass is 413 g/mol. The Balaban J connectivity index is 1.46. The topological polar surface area (TPSA) is 66.1 Å². The zero-order valence-corrected chi connectivity index (χ0v) is 17.7. The van der Waals surface area contributed by atoms with Crippen molar-refractivity contribution in [3.63, 3.8) is 0 Å². The Morgan fingerprint density at radius 3 is 2.93 bits per heavy atom. The number of nitrogens with one attached hydrogen (secondary N) is 1. The summed E-state index contributed by atoms with van der Waals surface area (Å²) in [7, 11) is 1.80. The normalized spacial score (nSPS) is 16.1. The van der Waals surface area contributed by atoms with Crippen LogP contribution in [0.3, 0.4) is 0 Å². The molecule has 1 aliphatic rings. The molecule has 0 aliphatic heterocycles. The summed E-state index contributed by atoms with van der Waals surface area (Å²) in [5.41, 5.74) is 2.20. The second-order valence-electron chi connectivity index (χ2n) is 7.43. The molecule has 0 radical (unpaired) electrons. The van der Waals surface area contributed by atoms with Crippen molar-refractivity contribution >= 4 is 39.2 Å². The standard InChI is InChI=1S/C21H23N3O2S2/c1-13-8-9-15-16(10-13)28-20-18(15)19(26)22-21(23-20)27-12-17(25)24(2)11-14-6-4-3-5-7-14/h3-7,13H,8-12H2,1-2H3,(H,22,23,26)/t13-/m1/s1. The minimum absolute atomic E-state index is 0.0101. The van der Waals surface area contributed by atoms with E-state index in [1.54, 1.807) is 23.3 Å². The SMILES string of the molecule is C[C@@H]1CCc2c(sc3nc(SCC(=O)N(C)Cc4ccccc4)[nH]c(=O)c23)C1. The quantitative estimate of drug-likeness (QED) is 0.509. The number of aromatic nitrogens is 2. The molecule has 0 saturated carbocycles. The van der Waals surface area contributed by atoms with Gasteiger partial charge in [0.25, 0.3) is 5.56 Å². The maximum Gasteiger partial charge on any atom is 0.260 e. The second-order valence-corrected chi connectivity index (χ2v) is 9.47. The molecule has 4 rings (SSSR count). The van der Waals surface area contributed by atoms with Crippen LogP contribution in [0, 0.1) is 5.92 Å². The van der Waals surface area contributed by atoms with Crippen molar-refractivity contribution in [2.45, 2.75) is 37.9 Å². The summed E-state index contributed by atoms with van der Waals surface area (Å²) in [6.45, 7) is 2.82. The molecule has 1 aliphatic carbocycles. The Kier molecular flexibility index (Phi) is 5.55. The smallest absolute Gasteiger partial charge is 0.260 e. The number of hydrogen-bond acceptors (Lipinski definition) is 5. The van der Waals surface area contributed by atoms with Crippen molar-refractivity contribution in [2.75, 3.05) is 12.8 Å². The predicted octanol–water partition coefficient (Wildman–Crippen LogP) is 3.86. The van der Waals surface area contributed by atoms with Crippen LogP contribution in [0.2, 0.25) is 0 Å². The fraction of sp³-hybridized carbons (Fsp3) is 0.381. The third kappa shape index (κ3) is 4.00. The summed E-state index contributed by atoms with van der Waals surface area (Å²) in [4.78, 5) is 36.4. The van der Waals surface area contributed by atoms with Gasteiger partial charge in [-0.2, -0.15) is 0 Å². The molecule has 2 heterocycles. The molecule has 1 amide bonds. The van der Waals surface area contributed by atoms with E-state index >= 15 is 0 Å². The molecule has 1 N–H and O–H groups in total. The van der Waals surface area contributed by atoms with Crippen LogP contribution < -0.4 is 5.56 Å². The molecule has 2 aromatic heterocycles. The highest BCUT2D eigenvalue weighted by molar-refractivity contribution is 7.99. The fourth-order valence-electron chi connectivity index (χ4n) is 3.58. The van der Waals surface area contributed by atoms with E-state index in [1.807, 2.05) is 30.3 Å². The number of aromatic amines is 1. The van der Waals surface area contributed by atoms with Crippen molar-refractivity contribution < 1.29 is 4.79 Å². The number of thioether (sulfide) groups is 1. The van der Waals surface area contributed by atoms with Crippen LogP contribution in [0.25, 0.3) is 10.2 Å². The van der Waals surface area contributed by atoms with Gasteiger partial charge < -0.3 is 9.88 Å². The maximum atomic E-state index is 12.6. The lowest BCUT2D eigenvalue weighted by Crippen LogP contribution is -2.28. The van der Waals surface area contributed by atoms with Crippen molar-refractivity contribution in [1.82, 2.24) is 14.9 Å². The van der Waals surface area contributed by atoms with Gasteiger partial charge in [-0.1, -0.05) is 49.0 Å². The number of amides is 1. The highest BCUT2D eigenvalue weighted by Crippen LogP contribution is 2.36. The van der Waals surface area contributed by atoms with Crippen molar-refractivity contribution in [3.8, 4) is 0 Å². The maximum absolute atomic E-state index is 12.6. The van der Waals surface area contributed by atoms with Crippen LogP contribution in [0.15, 0.2) is 40.3 Å². The number of thiophene rings is 1. The largest absolute Gasteiger partial charge is 0.341 e.